The Kier molecular flexibility index (Phi) is 6.65. The number of methoxy groups -OCH3 is 2. The number of carbonyl (C=O) groups excluding carboxylic acids is 1. The van der Waals surface area contributed by atoms with E-state index >= 15 is 0 Å². The summed E-state index contributed by atoms with van der Waals surface area (Å²) in [6.45, 7) is 1.81. The fourth-order valence-corrected chi connectivity index (χ4v) is 2.97. The van der Waals surface area contributed by atoms with E-state index in [0.29, 0.717) is 28.5 Å². The first-order chi connectivity index (χ1) is 12.0. The molecule has 4 nitrogen and oxygen atoms in total. The molecular weight excluding hydrogens is 345 g/mol. The lowest BCUT2D eigenvalue weighted by atomic mass is 10.1. The normalized spacial score (nSPS) is 11.7. The van der Waals surface area contributed by atoms with E-state index in [2.05, 4.69) is 5.32 Å². The zero-order valence-electron chi connectivity index (χ0n) is 14.4. The lowest BCUT2D eigenvalue weighted by molar-refractivity contribution is -0.121. The number of para-hydroxylation sites is 1. The third-order valence-corrected chi connectivity index (χ3v) is 4.24. The van der Waals surface area contributed by atoms with Crippen LogP contribution in [0, 0.1) is 5.82 Å². The minimum absolute atomic E-state index is 0.127. The van der Waals surface area contributed by atoms with Gasteiger partial charge in [-0.25, -0.2) is 4.39 Å². The average Bonchev–Trinajstić information content (AvgIpc) is 2.59. The molecule has 1 unspecified atom stereocenters. The minimum Gasteiger partial charge on any atom is -0.493 e. The van der Waals surface area contributed by atoms with Gasteiger partial charge in [-0.3, -0.25) is 4.79 Å². The van der Waals surface area contributed by atoms with Crippen LogP contribution < -0.4 is 14.8 Å². The molecule has 1 N–H and O–H groups in total. The van der Waals surface area contributed by atoms with Crippen molar-refractivity contribution in [2.45, 2.75) is 25.8 Å². The van der Waals surface area contributed by atoms with E-state index in [1.165, 1.54) is 12.1 Å². The number of hydrogen-bond acceptors (Lipinski definition) is 3. The Morgan fingerprint density at radius 1 is 1.24 bits per heavy atom. The van der Waals surface area contributed by atoms with Crippen molar-refractivity contribution < 1.29 is 18.7 Å². The van der Waals surface area contributed by atoms with Gasteiger partial charge in [0, 0.05) is 11.4 Å². The maximum absolute atomic E-state index is 13.1. The van der Waals surface area contributed by atoms with Gasteiger partial charge in [0.25, 0.3) is 0 Å². The summed E-state index contributed by atoms with van der Waals surface area (Å²) < 4.78 is 23.7. The van der Waals surface area contributed by atoms with Crippen LogP contribution >= 0.6 is 11.6 Å². The van der Waals surface area contributed by atoms with Crippen LogP contribution in [0.15, 0.2) is 36.4 Å². The van der Waals surface area contributed by atoms with Crippen molar-refractivity contribution in [1.82, 2.24) is 5.32 Å². The topological polar surface area (TPSA) is 47.6 Å². The van der Waals surface area contributed by atoms with E-state index in [9.17, 15) is 9.18 Å². The van der Waals surface area contributed by atoms with E-state index < -0.39 is 5.82 Å². The van der Waals surface area contributed by atoms with Crippen LogP contribution in [0.4, 0.5) is 4.39 Å². The number of benzene rings is 2. The van der Waals surface area contributed by atoms with Crippen LogP contribution in [-0.2, 0) is 11.2 Å². The second-order valence-electron chi connectivity index (χ2n) is 5.61. The van der Waals surface area contributed by atoms with Crippen molar-refractivity contribution >= 4 is 17.5 Å². The van der Waals surface area contributed by atoms with Crippen LogP contribution in [0.3, 0.4) is 0 Å². The molecule has 0 radical (unpaired) electrons. The van der Waals surface area contributed by atoms with Gasteiger partial charge in [-0.1, -0.05) is 29.8 Å². The zero-order chi connectivity index (χ0) is 18.4. The molecule has 0 aliphatic rings. The molecule has 2 rings (SSSR count). The molecule has 1 amide bonds. The van der Waals surface area contributed by atoms with E-state index in [1.807, 2.05) is 19.1 Å². The summed E-state index contributed by atoms with van der Waals surface area (Å²) in [4.78, 5) is 12.2. The van der Waals surface area contributed by atoms with Crippen LogP contribution in [-0.4, -0.2) is 20.1 Å². The predicted molar refractivity (Wildman–Crippen MR) is 95.8 cm³/mol. The molecule has 0 fully saturated rings. The molecule has 0 aromatic heterocycles. The molecule has 1 atom stereocenters. The number of aryl methyl sites for hydroxylation is 1. The molecule has 0 bridgehead atoms. The van der Waals surface area contributed by atoms with Crippen LogP contribution in [0.5, 0.6) is 11.5 Å². The van der Waals surface area contributed by atoms with Gasteiger partial charge in [0.15, 0.2) is 11.5 Å². The monoisotopic (exact) mass is 365 g/mol. The van der Waals surface area contributed by atoms with Crippen LogP contribution in [0.25, 0.3) is 0 Å². The second kappa shape index (κ2) is 8.72. The highest BCUT2D eigenvalue weighted by atomic mass is 35.5. The third kappa shape index (κ3) is 4.86. The Labute approximate surface area is 151 Å². The molecule has 6 heteroatoms. The Bertz CT molecular complexity index is 751. The Balaban J connectivity index is 1.99. The van der Waals surface area contributed by atoms with Crippen molar-refractivity contribution in [3.05, 3.63) is 58.4 Å². The molecule has 0 spiro atoms. The fraction of sp³-hybridized carbons (Fsp3) is 0.316. The van der Waals surface area contributed by atoms with Crippen LogP contribution in [0.1, 0.15) is 30.5 Å². The SMILES string of the molecule is COc1cccc(CCC(=O)NC(C)c2ccc(F)cc2Cl)c1OC. The molecule has 0 saturated carbocycles. The maximum atomic E-state index is 13.1. The van der Waals surface area contributed by atoms with E-state index in [0.717, 1.165) is 5.56 Å². The zero-order valence-corrected chi connectivity index (χ0v) is 15.2. The quantitative estimate of drug-likeness (QED) is 0.795. The van der Waals surface area contributed by atoms with Crippen molar-refractivity contribution in [3.63, 3.8) is 0 Å². The predicted octanol–water partition coefficient (Wildman–Crippen LogP) is 4.31. The molecule has 0 saturated heterocycles. The average molecular weight is 366 g/mol. The van der Waals surface area contributed by atoms with Crippen molar-refractivity contribution in [1.29, 1.82) is 0 Å². The first-order valence-electron chi connectivity index (χ1n) is 7.90. The third-order valence-electron chi connectivity index (χ3n) is 3.91. The smallest absolute Gasteiger partial charge is 0.220 e. The van der Waals surface area contributed by atoms with Gasteiger partial charge in [-0.2, -0.15) is 0 Å². The highest BCUT2D eigenvalue weighted by Crippen LogP contribution is 2.31. The van der Waals surface area contributed by atoms with Gasteiger partial charge in [0.05, 0.1) is 20.3 Å². The number of nitrogens with one attached hydrogen (secondary N) is 1. The van der Waals surface area contributed by atoms with E-state index in [4.69, 9.17) is 21.1 Å². The van der Waals surface area contributed by atoms with Crippen molar-refractivity contribution in [2.24, 2.45) is 0 Å². The molecule has 2 aromatic rings. The molecular formula is C19H21ClFNO3. The minimum atomic E-state index is -0.405. The summed E-state index contributed by atoms with van der Waals surface area (Å²) in [6.07, 6.45) is 0.794. The van der Waals surface area contributed by atoms with Gasteiger partial charge in [0.2, 0.25) is 5.91 Å². The molecule has 134 valence electrons. The summed E-state index contributed by atoms with van der Waals surface area (Å²) in [5, 5.41) is 3.17. The van der Waals surface area contributed by atoms with Crippen molar-refractivity contribution in [2.75, 3.05) is 14.2 Å². The number of carbonyl (C=O) groups is 1. The van der Waals surface area contributed by atoms with E-state index in [1.54, 1.807) is 26.4 Å². The van der Waals surface area contributed by atoms with Crippen molar-refractivity contribution in [3.8, 4) is 11.5 Å². The molecule has 0 aliphatic carbocycles. The lowest BCUT2D eigenvalue weighted by Gasteiger charge is -2.16. The Hall–Kier alpha value is -2.27. The Morgan fingerprint density at radius 3 is 2.64 bits per heavy atom. The van der Waals surface area contributed by atoms with Crippen LogP contribution in [0.2, 0.25) is 5.02 Å². The largest absolute Gasteiger partial charge is 0.493 e. The molecule has 0 heterocycles. The molecule has 0 aliphatic heterocycles. The Morgan fingerprint density at radius 2 is 2.00 bits per heavy atom. The number of halogens is 2. The summed E-state index contributed by atoms with van der Waals surface area (Å²) in [5.74, 6) is 0.731. The summed E-state index contributed by atoms with van der Waals surface area (Å²) in [5.41, 5.74) is 1.57. The number of rotatable bonds is 7. The van der Waals surface area contributed by atoms with Gasteiger partial charge in [-0.15, -0.1) is 0 Å². The summed E-state index contributed by atoms with van der Waals surface area (Å²) in [6, 6.07) is 9.39. The first-order valence-corrected chi connectivity index (χ1v) is 8.28. The summed E-state index contributed by atoms with van der Waals surface area (Å²) in [7, 11) is 3.14. The maximum Gasteiger partial charge on any atom is 0.220 e. The lowest BCUT2D eigenvalue weighted by Crippen LogP contribution is -2.27. The van der Waals surface area contributed by atoms with Gasteiger partial charge in [0.1, 0.15) is 5.82 Å². The molecule has 2 aromatic carbocycles. The number of hydrogen-bond donors (Lipinski definition) is 1. The van der Waals surface area contributed by atoms with Gasteiger partial charge < -0.3 is 14.8 Å². The number of amides is 1. The van der Waals surface area contributed by atoms with E-state index in [-0.39, 0.29) is 18.4 Å². The summed E-state index contributed by atoms with van der Waals surface area (Å²) >= 11 is 6.03. The highest BCUT2D eigenvalue weighted by Gasteiger charge is 2.15. The van der Waals surface area contributed by atoms with Gasteiger partial charge in [-0.05, 0) is 42.7 Å². The standard InChI is InChI=1S/C19H21ClFNO3/c1-12(15-9-8-14(21)11-16(15)20)22-18(23)10-7-13-5-4-6-17(24-2)19(13)25-3/h4-6,8-9,11-12H,7,10H2,1-3H3,(H,22,23). The fourth-order valence-electron chi connectivity index (χ4n) is 2.64. The first kappa shape index (κ1) is 19.1. The van der Waals surface area contributed by atoms with Gasteiger partial charge >= 0.3 is 0 Å². The number of ether oxygens (including phenoxy) is 2. The molecule has 25 heavy (non-hydrogen) atoms. The highest BCUT2D eigenvalue weighted by molar-refractivity contribution is 6.31. The second-order valence-corrected chi connectivity index (χ2v) is 6.01.